The number of azide groups is 1. The maximum atomic E-state index is 11.0. The van der Waals surface area contributed by atoms with Crippen molar-refractivity contribution in [1.82, 2.24) is 10.4 Å². The Bertz CT molecular complexity index is 615. The topological polar surface area (TPSA) is 114 Å². The van der Waals surface area contributed by atoms with Gasteiger partial charge in [-0.15, -0.1) is 5.53 Å². The molecule has 18 heavy (non-hydrogen) atoms. The largest absolute Gasteiger partial charge is 0.478 e. The third-order valence-corrected chi connectivity index (χ3v) is 2.66. The monoisotopic (exact) mass is 245 g/mol. The van der Waals surface area contributed by atoms with E-state index < -0.39 is 12.0 Å². The maximum Gasteiger partial charge on any atom is 0.349 e. The van der Waals surface area contributed by atoms with Gasteiger partial charge in [-0.3, -0.25) is 0 Å². The summed E-state index contributed by atoms with van der Waals surface area (Å²) in [6, 6.07) is 6.66. The molecule has 92 valence electrons. The van der Waals surface area contributed by atoms with Crippen molar-refractivity contribution < 1.29 is 9.90 Å². The van der Waals surface area contributed by atoms with Gasteiger partial charge < -0.3 is 10.1 Å². The highest BCUT2D eigenvalue weighted by Gasteiger charge is 2.21. The Morgan fingerprint density at radius 1 is 1.56 bits per heavy atom. The van der Waals surface area contributed by atoms with Crippen molar-refractivity contribution in [3.63, 3.8) is 0 Å². The van der Waals surface area contributed by atoms with E-state index in [1.54, 1.807) is 6.20 Å². The molecular formula is C11H11N5O2. The molecule has 0 aliphatic carbocycles. The van der Waals surface area contributed by atoms with E-state index in [1.807, 2.05) is 24.3 Å². The second-order valence-corrected chi connectivity index (χ2v) is 3.77. The van der Waals surface area contributed by atoms with Crippen LogP contribution >= 0.6 is 0 Å². The van der Waals surface area contributed by atoms with Crippen molar-refractivity contribution in [3.05, 3.63) is 46.5 Å². The number of hydrogen-bond acceptors (Lipinski definition) is 2. The Balaban J connectivity index is 2.25. The molecule has 0 aliphatic heterocycles. The van der Waals surface area contributed by atoms with Crippen LogP contribution in [0.1, 0.15) is 5.56 Å². The molecule has 0 fully saturated rings. The lowest BCUT2D eigenvalue weighted by molar-refractivity contribution is -0.139. The van der Waals surface area contributed by atoms with E-state index in [2.05, 4.69) is 20.5 Å². The standard InChI is InChI=1S/C11H11N5O2/c12-15-16-14-10(11(17)18)5-7-6-13-9-4-2-1-3-8(7)9/h1-4,6,10,13-14H,5H2,(H,17,18)/t10-/m0/s1. The zero-order chi connectivity index (χ0) is 13.0. The highest BCUT2D eigenvalue weighted by molar-refractivity contribution is 5.84. The second-order valence-electron chi connectivity index (χ2n) is 3.77. The van der Waals surface area contributed by atoms with Gasteiger partial charge in [0, 0.05) is 23.5 Å². The molecule has 0 radical (unpaired) electrons. The number of aliphatic carboxylic acids is 1. The minimum atomic E-state index is -1.06. The Morgan fingerprint density at radius 2 is 2.33 bits per heavy atom. The first-order valence-electron chi connectivity index (χ1n) is 5.30. The van der Waals surface area contributed by atoms with Crippen LogP contribution in [0.4, 0.5) is 0 Å². The van der Waals surface area contributed by atoms with Gasteiger partial charge in [-0.1, -0.05) is 18.2 Å². The number of fused-ring (bicyclic) bond motifs is 1. The number of aromatic amines is 1. The summed E-state index contributed by atoms with van der Waals surface area (Å²) in [6.07, 6.45) is 2.00. The number of H-pyrrole nitrogens is 1. The SMILES string of the molecule is [N-]=[N+]=NN[C@@H](Cc1c[nH]c2ccccc12)C(=O)O. The Labute approximate surface area is 102 Å². The molecule has 0 saturated carbocycles. The molecular weight excluding hydrogens is 234 g/mol. The van der Waals surface area contributed by atoms with Crippen molar-refractivity contribution in [2.75, 3.05) is 0 Å². The third-order valence-electron chi connectivity index (χ3n) is 2.66. The van der Waals surface area contributed by atoms with Gasteiger partial charge in [0.1, 0.15) is 0 Å². The summed E-state index contributed by atoms with van der Waals surface area (Å²) in [4.78, 5) is 16.6. The van der Waals surface area contributed by atoms with Crippen molar-refractivity contribution in [3.8, 4) is 0 Å². The molecule has 1 atom stereocenters. The number of carbonyl (C=O) groups is 1. The third kappa shape index (κ3) is 2.36. The molecule has 0 bridgehead atoms. The fourth-order valence-electron chi connectivity index (χ4n) is 1.80. The predicted octanol–water partition coefficient (Wildman–Crippen LogP) is 1.98. The average molecular weight is 245 g/mol. The number of rotatable bonds is 5. The lowest BCUT2D eigenvalue weighted by Gasteiger charge is -2.07. The van der Waals surface area contributed by atoms with Crippen molar-refractivity contribution in [2.45, 2.75) is 12.5 Å². The number of para-hydroxylation sites is 1. The second kappa shape index (κ2) is 5.11. The molecule has 0 saturated heterocycles. The average Bonchev–Trinajstić information content (AvgIpc) is 2.77. The first-order chi connectivity index (χ1) is 8.72. The maximum absolute atomic E-state index is 11.0. The number of carboxylic acid groups (broad SMARTS) is 1. The van der Waals surface area contributed by atoms with Crippen molar-refractivity contribution in [1.29, 1.82) is 0 Å². The van der Waals surface area contributed by atoms with E-state index in [-0.39, 0.29) is 6.42 Å². The zero-order valence-corrected chi connectivity index (χ0v) is 9.37. The molecule has 0 spiro atoms. The van der Waals surface area contributed by atoms with Gasteiger partial charge in [0.15, 0.2) is 6.04 Å². The summed E-state index contributed by atoms with van der Waals surface area (Å²) in [5.41, 5.74) is 12.3. The number of aromatic nitrogens is 1. The number of nitrogens with zero attached hydrogens (tertiary/aromatic N) is 3. The fraction of sp³-hybridized carbons (Fsp3) is 0.182. The van der Waals surface area contributed by atoms with Gasteiger partial charge in [0.25, 0.3) is 0 Å². The van der Waals surface area contributed by atoms with Crippen LogP contribution < -0.4 is 5.43 Å². The van der Waals surface area contributed by atoms with Gasteiger partial charge in [-0.05, 0) is 16.9 Å². The highest BCUT2D eigenvalue weighted by Crippen LogP contribution is 2.19. The minimum absolute atomic E-state index is 0.234. The van der Waals surface area contributed by atoms with Crippen LogP contribution in [0.25, 0.3) is 21.3 Å². The number of nitrogens with one attached hydrogen (secondary N) is 2. The van der Waals surface area contributed by atoms with Gasteiger partial charge >= 0.3 is 5.97 Å². The van der Waals surface area contributed by atoms with Crippen LogP contribution in [0.5, 0.6) is 0 Å². The number of hydrogen-bond donors (Lipinski definition) is 3. The zero-order valence-electron chi connectivity index (χ0n) is 9.37. The van der Waals surface area contributed by atoms with Crippen LogP contribution in [-0.2, 0) is 11.2 Å². The minimum Gasteiger partial charge on any atom is -0.478 e. The molecule has 0 amide bonds. The van der Waals surface area contributed by atoms with E-state index >= 15 is 0 Å². The fourth-order valence-corrected chi connectivity index (χ4v) is 1.80. The quantitative estimate of drug-likeness (QED) is 0.324. The molecule has 2 rings (SSSR count). The summed E-state index contributed by atoms with van der Waals surface area (Å²) in [7, 11) is 0. The summed E-state index contributed by atoms with van der Waals surface area (Å²) >= 11 is 0. The normalized spacial score (nSPS) is 11.8. The predicted molar refractivity (Wildman–Crippen MR) is 65.7 cm³/mol. The van der Waals surface area contributed by atoms with Gasteiger partial charge in [-0.2, -0.15) is 4.91 Å². The van der Waals surface area contributed by atoms with Crippen LogP contribution in [0, 0.1) is 0 Å². The summed E-state index contributed by atoms with van der Waals surface area (Å²) in [5.74, 6) is -1.06. The van der Waals surface area contributed by atoms with Crippen LogP contribution in [0.15, 0.2) is 35.7 Å². The lowest BCUT2D eigenvalue weighted by Crippen LogP contribution is -2.34. The molecule has 7 nitrogen and oxygen atoms in total. The van der Waals surface area contributed by atoms with Crippen LogP contribution in [0.2, 0.25) is 0 Å². The smallest absolute Gasteiger partial charge is 0.349 e. The van der Waals surface area contributed by atoms with E-state index in [1.165, 1.54) is 0 Å². The molecule has 2 aromatic rings. The summed E-state index contributed by atoms with van der Waals surface area (Å²) in [5, 5.41) is 13.1. The summed E-state index contributed by atoms with van der Waals surface area (Å²) < 4.78 is 0. The molecule has 3 N–H and O–H groups in total. The first-order valence-corrected chi connectivity index (χ1v) is 5.30. The van der Waals surface area contributed by atoms with E-state index in [9.17, 15) is 4.79 Å². The van der Waals surface area contributed by atoms with Gasteiger partial charge in [-0.25, -0.2) is 10.2 Å². The molecule has 0 unspecified atom stereocenters. The van der Waals surface area contributed by atoms with E-state index in [4.69, 9.17) is 10.6 Å². The van der Waals surface area contributed by atoms with E-state index in [0.717, 1.165) is 16.5 Å². The van der Waals surface area contributed by atoms with Crippen LogP contribution in [-0.4, -0.2) is 22.1 Å². The van der Waals surface area contributed by atoms with Gasteiger partial charge in [0.05, 0.1) is 0 Å². The van der Waals surface area contributed by atoms with Crippen molar-refractivity contribution in [2.24, 2.45) is 5.22 Å². The van der Waals surface area contributed by atoms with Crippen molar-refractivity contribution >= 4 is 16.9 Å². The number of carboxylic acids is 1. The number of benzene rings is 1. The molecule has 1 heterocycles. The molecule has 1 aromatic carbocycles. The Hall–Kier alpha value is -2.66. The Morgan fingerprint density at radius 3 is 3.06 bits per heavy atom. The highest BCUT2D eigenvalue weighted by atomic mass is 16.4. The lowest BCUT2D eigenvalue weighted by atomic mass is 10.1. The first kappa shape index (κ1) is 11.8. The van der Waals surface area contributed by atoms with Gasteiger partial charge in [0.2, 0.25) is 0 Å². The molecule has 7 heteroatoms. The van der Waals surface area contributed by atoms with Crippen LogP contribution in [0.3, 0.4) is 0 Å². The Kier molecular flexibility index (Phi) is 3.36. The molecule has 0 aliphatic rings. The molecule has 1 aromatic heterocycles. The summed E-state index contributed by atoms with van der Waals surface area (Å²) in [6.45, 7) is 0. The van der Waals surface area contributed by atoms with E-state index in [0.29, 0.717) is 0 Å².